The molecule has 0 aliphatic carbocycles. The van der Waals surface area contributed by atoms with Crippen molar-refractivity contribution in [3.05, 3.63) is 0 Å². The van der Waals surface area contributed by atoms with Gasteiger partial charge in [0.25, 0.3) is 0 Å². The van der Waals surface area contributed by atoms with Crippen LogP contribution in [0, 0.1) is 5.92 Å². The summed E-state index contributed by atoms with van der Waals surface area (Å²) >= 11 is 0. The molecule has 0 spiro atoms. The topological polar surface area (TPSA) is 83.6 Å². The van der Waals surface area contributed by atoms with E-state index in [1.165, 1.54) is 4.90 Å². The summed E-state index contributed by atoms with van der Waals surface area (Å²) in [6, 6.07) is -0.839. The van der Waals surface area contributed by atoms with Crippen LogP contribution < -0.4 is 5.73 Å². The van der Waals surface area contributed by atoms with E-state index in [0.717, 1.165) is 6.42 Å². The van der Waals surface area contributed by atoms with Crippen molar-refractivity contribution in [3.8, 4) is 0 Å². The molecule has 1 amide bonds. The Labute approximate surface area is 95.6 Å². The van der Waals surface area contributed by atoms with Gasteiger partial charge in [0.1, 0.15) is 6.04 Å². The van der Waals surface area contributed by atoms with Gasteiger partial charge in [-0.05, 0) is 18.8 Å². The number of hydrogen-bond acceptors (Lipinski definition) is 3. The van der Waals surface area contributed by atoms with Gasteiger partial charge in [0, 0.05) is 19.0 Å². The molecule has 0 saturated carbocycles. The van der Waals surface area contributed by atoms with Gasteiger partial charge in [0.15, 0.2) is 0 Å². The smallest absolute Gasteiger partial charge is 0.326 e. The number of nitrogens with zero attached hydrogens (tertiary/aromatic N) is 1. The maximum atomic E-state index is 11.9. The van der Waals surface area contributed by atoms with Crippen LogP contribution in [0.25, 0.3) is 0 Å². The molecule has 0 aromatic rings. The highest BCUT2D eigenvalue weighted by Crippen LogP contribution is 2.19. The molecule has 92 valence electrons. The van der Waals surface area contributed by atoms with E-state index in [4.69, 9.17) is 10.8 Å². The number of carboxylic acids is 1. The number of nitrogens with two attached hydrogens (primary N) is 1. The van der Waals surface area contributed by atoms with Crippen molar-refractivity contribution in [2.24, 2.45) is 11.7 Å². The lowest BCUT2D eigenvalue weighted by atomic mass is 10.0. The standard InChI is InChI=1S/C11H20N2O3/c1-7(2)8(12)6-10(14)13-5-3-4-9(13)11(15)16/h7-9H,3-6,12H2,1-2H3,(H,15,16)/t8?,9-/m1/s1. The highest BCUT2D eigenvalue weighted by atomic mass is 16.4. The molecule has 0 radical (unpaired) electrons. The molecule has 1 aliphatic heterocycles. The molecule has 3 N–H and O–H groups in total. The second-order valence-electron chi connectivity index (χ2n) is 4.70. The Bertz CT molecular complexity index is 278. The fourth-order valence-electron chi connectivity index (χ4n) is 1.88. The minimum absolute atomic E-state index is 0.133. The zero-order valence-electron chi connectivity index (χ0n) is 9.85. The first kappa shape index (κ1) is 13.0. The molecule has 0 bridgehead atoms. The first-order chi connectivity index (χ1) is 7.43. The minimum atomic E-state index is -0.913. The summed E-state index contributed by atoms with van der Waals surface area (Å²) in [5, 5.41) is 8.95. The summed E-state index contributed by atoms with van der Waals surface area (Å²) in [5.41, 5.74) is 5.81. The van der Waals surface area contributed by atoms with Crippen LogP contribution in [0.2, 0.25) is 0 Å². The van der Waals surface area contributed by atoms with Gasteiger partial charge < -0.3 is 15.7 Å². The molecular formula is C11H20N2O3. The van der Waals surface area contributed by atoms with Gasteiger partial charge >= 0.3 is 5.97 Å². The number of amides is 1. The van der Waals surface area contributed by atoms with Crippen LogP contribution in [0.15, 0.2) is 0 Å². The maximum absolute atomic E-state index is 11.9. The summed E-state index contributed by atoms with van der Waals surface area (Å²) in [6.07, 6.45) is 1.55. The van der Waals surface area contributed by atoms with Crippen molar-refractivity contribution < 1.29 is 14.7 Å². The van der Waals surface area contributed by atoms with Gasteiger partial charge in [-0.2, -0.15) is 0 Å². The first-order valence-corrected chi connectivity index (χ1v) is 5.71. The predicted molar refractivity (Wildman–Crippen MR) is 59.8 cm³/mol. The van der Waals surface area contributed by atoms with Crippen molar-refractivity contribution in [2.45, 2.75) is 45.2 Å². The lowest BCUT2D eigenvalue weighted by molar-refractivity contribution is -0.148. The molecule has 5 nitrogen and oxygen atoms in total. The van der Waals surface area contributed by atoms with Gasteiger partial charge in [-0.15, -0.1) is 0 Å². The van der Waals surface area contributed by atoms with E-state index in [1.54, 1.807) is 0 Å². The molecule has 1 unspecified atom stereocenters. The van der Waals surface area contributed by atoms with E-state index in [9.17, 15) is 9.59 Å². The number of likely N-dealkylation sites (tertiary alicyclic amines) is 1. The highest BCUT2D eigenvalue weighted by molar-refractivity contribution is 5.84. The first-order valence-electron chi connectivity index (χ1n) is 5.71. The third-order valence-electron chi connectivity index (χ3n) is 3.12. The fraction of sp³-hybridized carbons (Fsp3) is 0.818. The van der Waals surface area contributed by atoms with Gasteiger partial charge in [-0.1, -0.05) is 13.8 Å². The maximum Gasteiger partial charge on any atom is 0.326 e. The van der Waals surface area contributed by atoms with Crippen molar-refractivity contribution in [3.63, 3.8) is 0 Å². The van der Waals surface area contributed by atoms with Crippen molar-refractivity contribution in [1.29, 1.82) is 0 Å². The Morgan fingerprint density at radius 3 is 2.62 bits per heavy atom. The van der Waals surface area contributed by atoms with E-state index in [1.807, 2.05) is 13.8 Å². The van der Waals surface area contributed by atoms with Crippen LogP contribution >= 0.6 is 0 Å². The highest BCUT2D eigenvalue weighted by Gasteiger charge is 2.34. The van der Waals surface area contributed by atoms with Crippen molar-refractivity contribution in [2.75, 3.05) is 6.54 Å². The molecule has 0 aromatic carbocycles. The number of carbonyl (C=O) groups excluding carboxylic acids is 1. The summed E-state index contributed by atoms with van der Waals surface area (Å²) in [6.45, 7) is 4.45. The molecule has 1 fully saturated rings. The summed E-state index contributed by atoms with van der Waals surface area (Å²) in [7, 11) is 0. The summed E-state index contributed by atoms with van der Waals surface area (Å²) in [4.78, 5) is 24.2. The summed E-state index contributed by atoms with van der Waals surface area (Å²) < 4.78 is 0. The zero-order chi connectivity index (χ0) is 12.3. The average molecular weight is 228 g/mol. The molecule has 1 heterocycles. The Morgan fingerprint density at radius 1 is 1.50 bits per heavy atom. The third kappa shape index (κ3) is 2.95. The third-order valence-corrected chi connectivity index (χ3v) is 3.12. The van der Waals surface area contributed by atoms with Crippen LogP contribution in [0.3, 0.4) is 0 Å². The number of carbonyl (C=O) groups is 2. The van der Waals surface area contributed by atoms with E-state index >= 15 is 0 Å². The lowest BCUT2D eigenvalue weighted by Crippen LogP contribution is -2.43. The molecule has 1 saturated heterocycles. The fourth-order valence-corrected chi connectivity index (χ4v) is 1.88. The van der Waals surface area contributed by atoms with Crippen LogP contribution in [0.4, 0.5) is 0 Å². The molecule has 2 atom stereocenters. The molecular weight excluding hydrogens is 208 g/mol. The van der Waals surface area contributed by atoms with E-state index in [0.29, 0.717) is 13.0 Å². The lowest BCUT2D eigenvalue weighted by Gasteiger charge is -2.24. The number of rotatable bonds is 4. The quantitative estimate of drug-likeness (QED) is 0.731. The SMILES string of the molecule is CC(C)C(N)CC(=O)N1CCC[C@@H]1C(=O)O. The largest absolute Gasteiger partial charge is 0.480 e. The monoisotopic (exact) mass is 228 g/mol. The van der Waals surface area contributed by atoms with E-state index in [2.05, 4.69) is 0 Å². The molecule has 5 heteroatoms. The van der Waals surface area contributed by atoms with Crippen molar-refractivity contribution >= 4 is 11.9 Å². The van der Waals surface area contributed by atoms with Crippen molar-refractivity contribution in [1.82, 2.24) is 4.90 Å². The number of hydrogen-bond donors (Lipinski definition) is 2. The Balaban J connectivity index is 2.56. The normalized spacial score (nSPS) is 22.5. The van der Waals surface area contributed by atoms with Gasteiger partial charge in [0.05, 0.1) is 0 Å². The molecule has 0 aromatic heterocycles. The number of aliphatic carboxylic acids is 1. The van der Waals surface area contributed by atoms with Crippen LogP contribution in [0.5, 0.6) is 0 Å². The van der Waals surface area contributed by atoms with Crippen LogP contribution in [-0.2, 0) is 9.59 Å². The second-order valence-corrected chi connectivity index (χ2v) is 4.70. The van der Waals surface area contributed by atoms with Gasteiger partial charge in [0.2, 0.25) is 5.91 Å². The van der Waals surface area contributed by atoms with Gasteiger partial charge in [-0.3, -0.25) is 4.79 Å². The molecule has 16 heavy (non-hydrogen) atoms. The van der Waals surface area contributed by atoms with Crippen LogP contribution in [0.1, 0.15) is 33.1 Å². The molecule has 1 rings (SSSR count). The van der Waals surface area contributed by atoms with E-state index in [-0.39, 0.29) is 24.3 Å². The summed E-state index contributed by atoms with van der Waals surface area (Å²) in [5.74, 6) is -0.815. The Morgan fingerprint density at radius 2 is 2.12 bits per heavy atom. The second kappa shape index (κ2) is 5.30. The molecule has 1 aliphatic rings. The zero-order valence-corrected chi connectivity index (χ0v) is 9.85. The van der Waals surface area contributed by atoms with Gasteiger partial charge in [-0.25, -0.2) is 4.79 Å². The van der Waals surface area contributed by atoms with Crippen LogP contribution in [-0.4, -0.2) is 40.5 Å². The average Bonchev–Trinajstić information content (AvgIpc) is 2.65. The Kier molecular flexibility index (Phi) is 4.29. The number of carboxylic acid groups (broad SMARTS) is 1. The Hall–Kier alpha value is -1.10. The van der Waals surface area contributed by atoms with E-state index < -0.39 is 12.0 Å². The minimum Gasteiger partial charge on any atom is -0.480 e. The predicted octanol–water partition coefficient (Wildman–Crippen LogP) is 0.435.